The van der Waals surface area contributed by atoms with Gasteiger partial charge in [-0.1, -0.05) is 170 Å². The molecule has 0 radical (unpaired) electrons. The van der Waals surface area contributed by atoms with Gasteiger partial charge in [-0.15, -0.1) is 0 Å². The Morgan fingerprint density at radius 2 is 0.500 bits per heavy atom. The van der Waals surface area contributed by atoms with Crippen LogP contribution >= 0.6 is 0 Å². The van der Waals surface area contributed by atoms with Crippen molar-refractivity contribution in [3.05, 3.63) is 243 Å². The summed E-state index contributed by atoms with van der Waals surface area (Å²) in [4.78, 5) is 4.60. The largest absolute Gasteiger partial charge is 0.454 e. The highest BCUT2D eigenvalue weighted by Gasteiger charge is 2.22. The molecule has 302 valence electrons. The highest BCUT2D eigenvalue weighted by molar-refractivity contribution is 6.11. The standard InChI is InChI=1S/C60H40N2O2/c1-3-13-41(14-4-1)43-25-33-47(34-26-43)61(55-21-11-19-53-51-17-7-9-23-57(51)63-59(53)55)49-37-29-45(30-38-49)46-31-39-50(40-32-46)62(48-35-27-44(28-36-48)42-15-5-2-6-16-42)56-22-12-20-54-52-18-8-10-24-58(52)64-60(54)56/h1-40H. The molecular weight excluding hydrogens is 781 g/mol. The lowest BCUT2D eigenvalue weighted by Crippen LogP contribution is -2.10. The van der Waals surface area contributed by atoms with Gasteiger partial charge in [-0.05, 0) is 106 Å². The number of para-hydroxylation sites is 4. The summed E-state index contributed by atoms with van der Waals surface area (Å²) in [6.45, 7) is 0. The molecule has 12 rings (SSSR count). The van der Waals surface area contributed by atoms with Gasteiger partial charge in [-0.2, -0.15) is 0 Å². The van der Waals surface area contributed by atoms with Crippen LogP contribution in [-0.4, -0.2) is 0 Å². The van der Waals surface area contributed by atoms with Crippen LogP contribution in [-0.2, 0) is 0 Å². The van der Waals surface area contributed by atoms with Gasteiger partial charge in [-0.3, -0.25) is 0 Å². The number of fused-ring (bicyclic) bond motifs is 6. The molecule has 0 aliphatic rings. The lowest BCUT2D eigenvalue weighted by Gasteiger charge is -2.26. The molecule has 0 atom stereocenters. The van der Waals surface area contributed by atoms with E-state index in [0.29, 0.717) is 0 Å². The first kappa shape index (κ1) is 37.2. The first-order chi connectivity index (χ1) is 31.7. The van der Waals surface area contributed by atoms with Crippen molar-refractivity contribution in [1.82, 2.24) is 0 Å². The Bertz CT molecular complexity index is 3330. The number of benzene rings is 10. The third-order valence-corrected chi connectivity index (χ3v) is 12.3. The summed E-state index contributed by atoms with van der Waals surface area (Å²) < 4.78 is 13.2. The molecule has 0 spiro atoms. The summed E-state index contributed by atoms with van der Waals surface area (Å²) >= 11 is 0. The molecule has 4 nitrogen and oxygen atoms in total. The zero-order valence-electron chi connectivity index (χ0n) is 34.8. The molecule has 0 aliphatic heterocycles. The van der Waals surface area contributed by atoms with Gasteiger partial charge in [0.05, 0.1) is 11.4 Å². The van der Waals surface area contributed by atoms with E-state index in [-0.39, 0.29) is 0 Å². The zero-order valence-corrected chi connectivity index (χ0v) is 34.8. The van der Waals surface area contributed by atoms with Crippen molar-refractivity contribution in [2.75, 3.05) is 9.80 Å². The minimum Gasteiger partial charge on any atom is -0.454 e. The number of hydrogen-bond acceptors (Lipinski definition) is 4. The van der Waals surface area contributed by atoms with Crippen molar-refractivity contribution in [1.29, 1.82) is 0 Å². The number of anilines is 6. The van der Waals surface area contributed by atoms with E-state index in [4.69, 9.17) is 8.83 Å². The Morgan fingerprint density at radius 3 is 0.844 bits per heavy atom. The fourth-order valence-electron chi connectivity index (χ4n) is 9.14. The second kappa shape index (κ2) is 15.7. The van der Waals surface area contributed by atoms with Gasteiger partial charge in [0.25, 0.3) is 0 Å². The Hall–Kier alpha value is -8.60. The van der Waals surface area contributed by atoms with Crippen LogP contribution in [0.2, 0.25) is 0 Å². The van der Waals surface area contributed by atoms with Gasteiger partial charge in [0.2, 0.25) is 0 Å². The summed E-state index contributed by atoms with van der Waals surface area (Å²) in [5.74, 6) is 0. The van der Waals surface area contributed by atoms with E-state index >= 15 is 0 Å². The quantitative estimate of drug-likeness (QED) is 0.145. The summed E-state index contributed by atoms with van der Waals surface area (Å²) in [5.41, 5.74) is 16.5. The fraction of sp³-hybridized carbons (Fsp3) is 0. The van der Waals surface area contributed by atoms with E-state index in [1.165, 1.54) is 22.3 Å². The van der Waals surface area contributed by atoms with Crippen LogP contribution < -0.4 is 9.80 Å². The first-order valence-corrected chi connectivity index (χ1v) is 21.7. The minimum atomic E-state index is 0.855. The summed E-state index contributed by atoms with van der Waals surface area (Å²) in [6.07, 6.45) is 0. The third-order valence-electron chi connectivity index (χ3n) is 12.3. The molecule has 0 aliphatic carbocycles. The van der Waals surface area contributed by atoms with Crippen LogP contribution in [0.3, 0.4) is 0 Å². The Morgan fingerprint density at radius 1 is 0.219 bits per heavy atom. The maximum Gasteiger partial charge on any atom is 0.159 e. The van der Waals surface area contributed by atoms with Crippen molar-refractivity contribution >= 4 is 78.0 Å². The van der Waals surface area contributed by atoms with Crippen molar-refractivity contribution in [3.8, 4) is 33.4 Å². The monoisotopic (exact) mass is 820 g/mol. The topological polar surface area (TPSA) is 32.8 Å². The van der Waals surface area contributed by atoms with Crippen molar-refractivity contribution < 1.29 is 8.83 Å². The minimum absolute atomic E-state index is 0.855. The van der Waals surface area contributed by atoms with E-state index in [0.717, 1.165) is 89.1 Å². The van der Waals surface area contributed by atoms with E-state index in [1.54, 1.807) is 0 Å². The summed E-state index contributed by atoms with van der Waals surface area (Å²) in [5, 5.41) is 4.39. The summed E-state index contributed by atoms with van der Waals surface area (Å²) in [6, 6.07) is 85.6. The van der Waals surface area contributed by atoms with Gasteiger partial charge < -0.3 is 18.6 Å². The molecule has 0 saturated heterocycles. The average molecular weight is 821 g/mol. The van der Waals surface area contributed by atoms with Crippen LogP contribution in [0.25, 0.3) is 77.3 Å². The zero-order chi connectivity index (χ0) is 42.4. The Labute approximate surface area is 371 Å². The molecule has 0 fully saturated rings. The van der Waals surface area contributed by atoms with E-state index in [9.17, 15) is 0 Å². The lowest BCUT2D eigenvalue weighted by molar-refractivity contribution is 0.668. The van der Waals surface area contributed by atoms with E-state index in [1.807, 2.05) is 24.3 Å². The lowest BCUT2D eigenvalue weighted by atomic mass is 10.0. The predicted molar refractivity (Wildman–Crippen MR) is 267 cm³/mol. The van der Waals surface area contributed by atoms with E-state index in [2.05, 4.69) is 228 Å². The van der Waals surface area contributed by atoms with Crippen LogP contribution in [0.5, 0.6) is 0 Å². The molecule has 12 aromatic rings. The molecule has 2 heterocycles. The second-order valence-corrected chi connectivity index (χ2v) is 16.1. The highest BCUT2D eigenvalue weighted by Crippen LogP contribution is 2.45. The molecule has 0 unspecified atom stereocenters. The second-order valence-electron chi connectivity index (χ2n) is 16.1. The molecule has 2 aromatic heterocycles. The molecular formula is C60H40N2O2. The maximum atomic E-state index is 6.60. The van der Waals surface area contributed by atoms with Gasteiger partial charge in [-0.25, -0.2) is 0 Å². The molecule has 10 aromatic carbocycles. The van der Waals surface area contributed by atoms with Crippen LogP contribution in [0.4, 0.5) is 34.1 Å². The van der Waals surface area contributed by atoms with Gasteiger partial charge in [0, 0.05) is 44.3 Å². The number of rotatable bonds is 9. The molecule has 0 bridgehead atoms. The molecule has 4 heteroatoms. The normalized spacial score (nSPS) is 11.4. The molecule has 0 N–H and O–H groups in total. The van der Waals surface area contributed by atoms with E-state index < -0.39 is 0 Å². The van der Waals surface area contributed by atoms with Crippen molar-refractivity contribution in [2.45, 2.75) is 0 Å². The van der Waals surface area contributed by atoms with Crippen LogP contribution in [0, 0.1) is 0 Å². The number of furan rings is 2. The van der Waals surface area contributed by atoms with Crippen molar-refractivity contribution in [3.63, 3.8) is 0 Å². The molecule has 0 amide bonds. The van der Waals surface area contributed by atoms with Gasteiger partial charge in [0.15, 0.2) is 11.2 Å². The predicted octanol–water partition coefficient (Wildman–Crippen LogP) is 17.4. The summed E-state index contributed by atoms with van der Waals surface area (Å²) in [7, 11) is 0. The number of hydrogen-bond donors (Lipinski definition) is 0. The SMILES string of the molecule is c1ccc(-c2ccc(N(c3ccc(-c4ccc(N(c5ccc(-c6ccccc6)cc5)c5cccc6c5oc5ccccc56)cc4)cc3)c3cccc4c3oc3ccccc34)cc2)cc1. The highest BCUT2D eigenvalue weighted by atomic mass is 16.3. The first-order valence-electron chi connectivity index (χ1n) is 21.7. The average Bonchev–Trinajstić information content (AvgIpc) is 3.95. The van der Waals surface area contributed by atoms with Gasteiger partial charge >= 0.3 is 0 Å². The van der Waals surface area contributed by atoms with Crippen molar-refractivity contribution in [2.24, 2.45) is 0 Å². The number of nitrogens with zero attached hydrogens (tertiary/aromatic N) is 2. The van der Waals surface area contributed by atoms with Gasteiger partial charge in [0.1, 0.15) is 11.2 Å². The Balaban J connectivity index is 0.922. The molecule has 64 heavy (non-hydrogen) atoms. The Kier molecular flexibility index (Phi) is 9.12. The fourth-order valence-corrected chi connectivity index (χ4v) is 9.14. The smallest absolute Gasteiger partial charge is 0.159 e. The maximum absolute atomic E-state index is 6.60. The molecule has 0 saturated carbocycles. The third kappa shape index (κ3) is 6.57. The van der Waals surface area contributed by atoms with Crippen LogP contribution in [0.15, 0.2) is 251 Å². The van der Waals surface area contributed by atoms with Crippen LogP contribution in [0.1, 0.15) is 0 Å².